The van der Waals surface area contributed by atoms with E-state index < -0.39 is 0 Å². The molecule has 0 amide bonds. The zero-order chi connectivity index (χ0) is 12.3. The van der Waals surface area contributed by atoms with Crippen molar-refractivity contribution < 1.29 is 4.74 Å². The largest absolute Gasteiger partial charge is 0.377 e. The molecule has 0 bridgehead atoms. The van der Waals surface area contributed by atoms with Crippen LogP contribution in [-0.4, -0.2) is 18.5 Å². The minimum atomic E-state index is 0.0321. The number of halogens is 1. The van der Waals surface area contributed by atoms with Gasteiger partial charge < -0.3 is 10.5 Å². The van der Waals surface area contributed by atoms with Crippen molar-refractivity contribution in [3.63, 3.8) is 0 Å². The maximum absolute atomic E-state index is 6.24. The second-order valence-electron chi connectivity index (χ2n) is 4.42. The van der Waals surface area contributed by atoms with Crippen LogP contribution < -0.4 is 5.73 Å². The Kier molecular flexibility index (Phi) is 4.74. The minimum absolute atomic E-state index is 0.0321. The molecule has 1 saturated heterocycles. The van der Waals surface area contributed by atoms with E-state index in [1.165, 1.54) is 12.8 Å². The van der Waals surface area contributed by atoms with Crippen LogP contribution in [0.2, 0.25) is 5.02 Å². The highest BCUT2D eigenvalue weighted by Gasteiger charge is 2.16. The molecule has 0 saturated carbocycles. The van der Waals surface area contributed by atoms with E-state index in [2.05, 4.69) is 6.07 Å². The summed E-state index contributed by atoms with van der Waals surface area (Å²) in [5, 5.41) is 0.794. The quantitative estimate of drug-likeness (QED) is 0.850. The van der Waals surface area contributed by atoms with Crippen LogP contribution in [0.1, 0.15) is 31.4 Å². The van der Waals surface area contributed by atoms with E-state index in [1.807, 2.05) is 19.1 Å². The van der Waals surface area contributed by atoms with Crippen molar-refractivity contribution in [2.75, 3.05) is 12.4 Å². The van der Waals surface area contributed by atoms with E-state index in [-0.39, 0.29) is 6.04 Å². The zero-order valence-electron chi connectivity index (χ0n) is 9.99. The smallest absolute Gasteiger partial charge is 0.0669 e. The number of benzene rings is 1. The van der Waals surface area contributed by atoms with Crippen LogP contribution in [0.25, 0.3) is 0 Å². The molecule has 4 heteroatoms. The van der Waals surface area contributed by atoms with Gasteiger partial charge in [0.25, 0.3) is 0 Å². The van der Waals surface area contributed by atoms with Gasteiger partial charge in [0.2, 0.25) is 0 Å². The number of nitrogens with two attached hydrogens (primary N) is 1. The summed E-state index contributed by atoms with van der Waals surface area (Å²) in [5.41, 5.74) is 6.90. The monoisotopic (exact) mass is 271 g/mol. The number of rotatable bonds is 4. The van der Waals surface area contributed by atoms with Gasteiger partial charge in [-0.3, -0.25) is 0 Å². The molecule has 1 aliphatic heterocycles. The number of thioether (sulfide) groups is 1. The first-order valence-corrected chi connectivity index (χ1v) is 7.32. The van der Waals surface area contributed by atoms with Gasteiger partial charge in [0.1, 0.15) is 0 Å². The SMILES string of the molecule is C[C@@H](N)c1ccc(SCC2CCCO2)c(Cl)c1. The second kappa shape index (κ2) is 6.10. The van der Waals surface area contributed by atoms with Crippen LogP contribution in [0.15, 0.2) is 23.1 Å². The van der Waals surface area contributed by atoms with Crippen molar-refractivity contribution in [1.29, 1.82) is 0 Å². The van der Waals surface area contributed by atoms with Gasteiger partial charge >= 0.3 is 0 Å². The molecule has 94 valence electrons. The summed E-state index contributed by atoms with van der Waals surface area (Å²) < 4.78 is 5.59. The maximum atomic E-state index is 6.24. The van der Waals surface area contributed by atoms with Crippen LogP contribution in [0, 0.1) is 0 Å². The van der Waals surface area contributed by atoms with E-state index >= 15 is 0 Å². The van der Waals surface area contributed by atoms with Crippen LogP contribution in [0.4, 0.5) is 0 Å². The Bertz CT molecular complexity index is 378. The van der Waals surface area contributed by atoms with Crippen LogP contribution >= 0.6 is 23.4 Å². The predicted octanol–water partition coefficient (Wildman–Crippen LogP) is 3.63. The van der Waals surface area contributed by atoms with Crippen molar-refractivity contribution in [3.05, 3.63) is 28.8 Å². The molecule has 1 fully saturated rings. The number of ether oxygens (including phenoxy) is 1. The second-order valence-corrected chi connectivity index (χ2v) is 5.89. The fourth-order valence-corrected chi connectivity index (χ4v) is 3.22. The molecule has 0 aromatic heterocycles. The molecule has 17 heavy (non-hydrogen) atoms. The van der Waals surface area contributed by atoms with Gasteiger partial charge in [0, 0.05) is 23.3 Å². The third-order valence-electron chi connectivity index (χ3n) is 2.93. The highest BCUT2D eigenvalue weighted by atomic mass is 35.5. The van der Waals surface area contributed by atoms with E-state index in [0.717, 1.165) is 27.8 Å². The summed E-state index contributed by atoms with van der Waals surface area (Å²) in [6.45, 7) is 2.87. The van der Waals surface area contributed by atoms with Gasteiger partial charge in [0.15, 0.2) is 0 Å². The molecular weight excluding hydrogens is 254 g/mol. The Morgan fingerprint density at radius 1 is 1.59 bits per heavy atom. The normalized spacial score (nSPS) is 21.7. The highest BCUT2D eigenvalue weighted by Crippen LogP contribution is 2.31. The Labute approximate surface area is 112 Å². The number of hydrogen-bond acceptors (Lipinski definition) is 3. The molecule has 0 aliphatic carbocycles. The van der Waals surface area contributed by atoms with Crippen molar-refractivity contribution >= 4 is 23.4 Å². The first-order valence-electron chi connectivity index (χ1n) is 5.96. The Morgan fingerprint density at radius 3 is 3.00 bits per heavy atom. The molecular formula is C13H18ClNOS. The fraction of sp³-hybridized carbons (Fsp3) is 0.538. The van der Waals surface area contributed by atoms with E-state index in [1.54, 1.807) is 11.8 Å². The predicted molar refractivity (Wildman–Crippen MR) is 73.8 cm³/mol. The summed E-state index contributed by atoms with van der Waals surface area (Å²) in [6.07, 6.45) is 2.75. The first-order chi connectivity index (χ1) is 8.16. The van der Waals surface area contributed by atoms with E-state index in [9.17, 15) is 0 Å². The van der Waals surface area contributed by atoms with Gasteiger partial charge in [-0.2, -0.15) is 0 Å². The summed E-state index contributed by atoms with van der Waals surface area (Å²) in [4.78, 5) is 1.12. The summed E-state index contributed by atoms with van der Waals surface area (Å²) in [5.74, 6) is 0.983. The average molecular weight is 272 g/mol. The summed E-state index contributed by atoms with van der Waals surface area (Å²) in [7, 11) is 0. The molecule has 2 atom stereocenters. The van der Waals surface area contributed by atoms with Crippen molar-refractivity contribution in [2.24, 2.45) is 5.73 Å². The molecule has 2 rings (SSSR count). The van der Waals surface area contributed by atoms with Crippen LogP contribution in [0.5, 0.6) is 0 Å². The molecule has 2 nitrogen and oxygen atoms in total. The minimum Gasteiger partial charge on any atom is -0.377 e. The molecule has 1 unspecified atom stereocenters. The lowest BCUT2D eigenvalue weighted by molar-refractivity contribution is 0.129. The Hall–Kier alpha value is -0.220. The lowest BCUT2D eigenvalue weighted by atomic mass is 10.1. The molecule has 1 heterocycles. The highest BCUT2D eigenvalue weighted by molar-refractivity contribution is 7.99. The maximum Gasteiger partial charge on any atom is 0.0669 e. The Morgan fingerprint density at radius 2 is 2.41 bits per heavy atom. The van der Waals surface area contributed by atoms with Gasteiger partial charge in [-0.1, -0.05) is 17.7 Å². The van der Waals surface area contributed by atoms with Crippen molar-refractivity contribution in [2.45, 2.75) is 36.8 Å². The van der Waals surface area contributed by atoms with Gasteiger partial charge in [-0.05, 0) is 37.5 Å². The summed E-state index contributed by atoms with van der Waals surface area (Å²) >= 11 is 8.01. The zero-order valence-corrected chi connectivity index (χ0v) is 11.6. The average Bonchev–Trinajstić information content (AvgIpc) is 2.80. The molecule has 2 N–H and O–H groups in total. The Balaban J connectivity index is 1.96. The van der Waals surface area contributed by atoms with E-state index in [0.29, 0.717) is 6.10 Å². The van der Waals surface area contributed by atoms with Crippen LogP contribution in [-0.2, 0) is 4.74 Å². The standard InChI is InChI=1S/C13H18ClNOS/c1-9(15)10-4-5-13(12(14)7-10)17-8-11-3-2-6-16-11/h4-5,7,9,11H,2-3,6,8,15H2,1H3/t9-,11?/m1/s1. The van der Waals surface area contributed by atoms with Crippen LogP contribution in [0.3, 0.4) is 0 Å². The fourth-order valence-electron chi connectivity index (χ4n) is 1.88. The van der Waals surface area contributed by atoms with E-state index in [4.69, 9.17) is 22.1 Å². The third kappa shape index (κ3) is 3.62. The van der Waals surface area contributed by atoms with Crippen molar-refractivity contribution in [3.8, 4) is 0 Å². The van der Waals surface area contributed by atoms with Gasteiger partial charge in [0.05, 0.1) is 11.1 Å². The number of hydrogen-bond donors (Lipinski definition) is 1. The summed E-state index contributed by atoms with van der Waals surface area (Å²) in [6, 6.07) is 6.10. The lowest BCUT2D eigenvalue weighted by Crippen LogP contribution is -2.08. The topological polar surface area (TPSA) is 35.2 Å². The molecule has 1 aromatic carbocycles. The van der Waals surface area contributed by atoms with Crippen molar-refractivity contribution in [1.82, 2.24) is 0 Å². The molecule has 0 radical (unpaired) electrons. The molecule has 0 spiro atoms. The molecule has 1 aliphatic rings. The third-order valence-corrected chi connectivity index (χ3v) is 4.56. The lowest BCUT2D eigenvalue weighted by Gasteiger charge is -2.11. The molecule has 1 aromatic rings. The first kappa shape index (κ1) is 13.2. The van der Waals surface area contributed by atoms with Gasteiger partial charge in [-0.15, -0.1) is 11.8 Å². The van der Waals surface area contributed by atoms with Gasteiger partial charge in [-0.25, -0.2) is 0 Å².